The summed E-state index contributed by atoms with van der Waals surface area (Å²) in [7, 11) is 0. The molecule has 0 saturated carbocycles. The molecule has 1 N–H and O–H groups in total. The molecule has 3 amide bonds. The monoisotopic (exact) mass is 411 g/mol. The van der Waals surface area contributed by atoms with E-state index < -0.39 is 5.92 Å². The van der Waals surface area contributed by atoms with E-state index in [1.807, 2.05) is 30.3 Å². The quantitative estimate of drug-likeness (QED) is 0.819. The molecule has 4 rings (SSSR count). The van der Waals surface area contributed by atoms with Crippen molar-refractivity contribution >= 4 is 40.7 Å². The summed E-state index contributed by atoms with van der Waals surface area (Å²) in [4.78, 5) is 40.5. The van der Waals surface area contributed by atoms with Gasteiger partial charge in [-0.05, 0) is 36.2 Å². The molecule has 2 aliphatic rings. The molecule has 1 unspecified atom stereocenters. The van der Waals surface area contributed by atoms with E-state index in [0.29, 0.717) is 36.8 Å². The van der Waals surface area contributed by atoms with Crippen molar-refractivity contribution in [2.45, 2.75) is 25.8 Å². The van der Waals surface area contributed by atoms with Crippen molar-refractivity contribution in [1.82, 2.24) is 4.90 Å². The number of likely N-dealkylation sites (tertiary alicyclic amines) is 1. The Morgan fingerprint density at radius 2 is 1.93 bits per heavy atom. The Hall–Kier alpha value is -2.86. The molecular weight excluding hydrogens is 390 g/mol. The Morgan fingerprint density at radius 3 is 2.69 bits per heavy atom. The van der Waals surface area contributed by atoms with Gasteiger partial charge >= 0.3 is 0 Å². The summed E-state index contributed by atoms with van der Waals surface area (Å²) >= 11 is 6.19. The SMILES string of the molecule is O=C(Nc1cccc(N2CCCC2=O)c1)C1CC(=O)N(Cc2ccccc2Cl)C1. The van der Waals surface area contributed by atoms with Gasteiger partial charge in [0.25, 0.3) is 0 Å². The Labute approximate surface area is 174 Å². The van der Waals surface area contributed by atoms with Gasteiger partial charge in [-0.3, -0.25) is 14.4 Å². The summed E-state index contributed by atoms with van der Waals surface area (Å²) in [6.45, 7) is 1.46. The van der Waals surface area contributed by atoms with Crippen molar-refractivity contribution in [3.63, 3.8) is 0 Å². The third-order valence-corrected chi connectivity index (χ3v) is 5.77. The molecular formula is C22H22ClN3O3. The molecule has 6 nitrogen and oxygen atoms in total. The van der Waals surface area contributed by atoms with E-state index in [-0.39, 0.29) is 24.1 Å². The van der Waals surface area contributed by atoms with E-state index in [1.54, 1.807) is 28.0 Å². The summed E-state index contributed by atoms with van der Waals surface area (Å²) < 4.78 is 0. The van der Waals surface area contributed by atoms with E-state index in [4.69, 9.17) is 11.6 Å². The molecule has 0 bridgehead atoms. The fraction of sp³-hybridized carbons (Fsp3) is 0.318. The van der Waals surface area contributed by atoms with Gasteiger partial charge in [0.2, 0.25) is 17.7 Å². The third-order valence-electron chi connectivity index (χ3n) is 5.40. The van der Waals surface area contributed by atoms with Gasteiger partial charge in [0.1, 0.15) is 0 Å². The fourth-order valence-corrected chi connectivity index (χ4v) is 4.05. The molecule has 2 heterocycles. The maximum Gasteiger partial charge on any atom is 0.229 e. The van der Waals surface area contributed by atoms with Crippen molar-refractivity contribution in [2.24, 2.45) is 5.92 Å². The maximum atomic E-state index is 12.7. The number of benzene rings is 2. The highest BCUT2D eigenvalue weighted by molar-refractivity contribution is 6.31. The molecule has 0 aliphatic carbocycles. The molecule has 1 atom stereocenters. The molecule has 2 aromatic carbocycles. The zero-order valence-corrected chi connectivity index (χ0v) is 16.7. The summed E-state index contributed by atoms with van der Waals surface area (Å²) in [5.41, 5.74) is 2.28. The summed E-state index contributed by atoms with van der Waals surface area (Å²) in [6.07, 6.45) is 1.59. The molecule has 7 heteroatoms. The number of amides is 3. The highest BCUT2D eigenvalue weighted by Gasteiger charge is 2.34. The Morgan fingerprint density at radius 1 is 1.10 bits per heavy atom. The van der Waals surface area contributed by atoms with Crippen molar-refractivity contribution in [2.75, 3.05) is 23.3 Å². The fourth-order valence-electron chi connectivity index (χ4n) is 3.85. The number of rotatable bonds is 5. The van der Waals surface area contributed by atoms with E-state index in [9.17, 15) is 14.4 Å². The Kier molecular flexibility index (Phi) is 5.53. The molecule has 150 valence electrons. The van der Waals surface area contributed by atoms with Gasteiger partial charge in [-0.2, -0.15) is 0 Å². The number of hydrogen-bond donors (Lipinski definition) is 1. The van der Waals surface area contributed by atoms with Gasteiger partial charge in [0.15, 0.2) is 0 Å². The second-order valence-electron chi connectivity index (χ2n) is 7.46. The average molecular weight is 412 g/mol. The van der Waals surface area contributed by atoms with Crippen LogP contribution in [-0.2, 0) is 20.9 Å². The second kappa shape index (κ2) is 8.25. The van der Waals surface area contributed by atoms with Crippen LogP contribution in [0, 0.1) is 5.92 Å². The predicted octanol–water partition coefficient (Wildman–Crippen LogP) is 3.45. The lowest BCUT2D eigenvalue weighted by Crippen LogP contribution is -2.28. The number of hydrogen-bond acceptors (Lipinski definition) is 3. The number of nitrogens with zero attached hydrogens (tertiary/aromatic N) is 2. The minimum atomic E-state index is -0.415. The average Bonchev–Trinajstić information content (AvgIpc) is 3.30. The number of carbonyl (C=O) groups excluding carboxylic acids is 3. The van der Waals surface area contributed by atoms with Crippen LogP contribution in [0.1, 0.15) is 24.8 Å². The standard InChI is InChI=1S/C22H22ClN3O3/c23-19-8-2-1-5-15(19)13-25-14-16(11-21(25)28)22(29)24-17-6-3-7-18(12-17)26-10-4-9-20(26)27/h1-3,5-8,12,16H,4,9-11,13-14H2,(H,24,29). The van der Waals surface area contributed by atoms with Crippen molar-refractivity contribution in [1.29, 1.82) is 0 Å². The zero-order chi connectivity index (χ0) is 20.4. The normalized spacial score (nSPS) is 19.1. The number of nitrogens with one attached hydrogen (secondary N) is 1. The molecule has 2 aromatic rings. The van der Waals surface area contributed by atoms with Gasteiger partial charge in [0.05, 0.1) is 5.92 Å². The first-order valence-electron chi connectivity index (χ1n) is 9.74. The first-order valence-corrected chi connectivity index (χ1v) is 10.1. The van der Waals surface area contributed by atoms with Gasteiger partial charge in [-0.15, -0.1) is 0 Å². The summed E-state index contributed by atoms with van der Waals surface area (Å²) in [6, 6.07) is 14.7. The lowest BCUT2D eigenvalue weighted by atomic mass is 10.1. The van der Waals surface area contributed by atoms with Crippen LogP contribution in [0.5, 0.6) is 0 Å². The first-order chi connectivity index (χ1) is 14.0. The largest absolute Gasteiger partial charge is 0.337 e. The molecule has 2 aliphatic heterocycles. The van der Waals surface area contributed by atoms with Crippen molar-refractivity contribution in [3.8, 4) is 0 Å². The van der Waals surface area contributed by atoms with E-state index in [2.05, 4.69) is 5.32 Å². The summed E-state index contributed by atoms with van der Waals surface area (Å²) in [5.74, 6) is -0.557. The minimum Gasteiger partial charge on any atom is -0.337 e. The zero-order valence-electron chi connectivity index (χ0n) is 15.9. The van der Waals surface area contributed by atoms with Crippen LogP contribution in [0.15, 0.2) is 48.5 Å². The van der Waals surface area contributed by atoms with Gasteiger partial charge < -0.3 is 15.1 Å². The van der Waals surface area contributed by atoms with Gasteiger partial charge in [-0.25, -0.2) is 0 Å². The smallest absolute Gasteiger partial charge is 0.229 e. The second-order valence-corrected chi connectivity index (χ2v) is 7.86. The first kappa shape index (κ1) is 19.5. The highest BCUT2D eigenvalue weighted by atomic mass is 35.5. The van der Waals surface area contributed by atoms with Crippen molar-refractivity contribution in [3.05, 3.63) is 59.1 Å². The van der Waals surface area contributed by atoms with E-state index >= 15 is 0 Å². The van der Waals surface area contributed by atoms with E-state index in [1.165, 1.54) is 0 Å². The van der Waals surface area contributed by atoms with Crippen LogP contribution < -0.4 is 10.2 Å². The number of halogens is 1. The predicted molar refractivity (Wildman–Crippen MR) is 112 cm³/mol. The van der Waals surface area contributed by atoms with Crippen LogP contribution in [0.2, 0.25) is 5.02 Å². The number of carbonyl (C=O) groups is 3. The van der Waals surface area contributed by atoms with Crippen LogP contribution in [-0.4, -0.2) is 35.7 Å². The number of anilines is 2. The minimum absolute atomic E-state index is 0.0542. The molecule has 2 saturated heterocycles. The lowest BCUT2D eigenvalue weighted by Gasteiger charge is -2.18. The Balaban J connectivity index is 1.40. The third kappa shape index (κ3) is 4.27. The van der Waals surface area contributed by atoms with Crippen LogP contribution in [0.3, 0.4) is 0 Å². The van der Waals surface area contributed by atoms with Gasteiger partial charge in [0, 0.05) is 48.9 Å². The molecule has 0 spiro atoms. The lowest BCUT2D eigenvalue weighted by molar-refractivity contribution is -0.128. The van der Waals surface area contributed by atoms with E-state index in [0.717, 1.165) is 17.7 Å². The molecule has 29 heavy (non-hydrogen) atoms. The Bertz CT molecular complexity index is 962. The maximum absolute atomic E-state index is 12.7. The van der Waals surface area contributed by atoms with Crippen LogP contribution >= 0.6 is 11.6 Å². The highest BCUT2D eigenvalue weighted by Crippen LogP contribution is 2.27. The molecule has 2 fully saturated rings. The van der Waals surface area contributed by atoms with Crippen LogP contribution in [0.4, 0.5) is 11.4 Å². The van der Waals surface area contributed by atoms with Crippen molar-refractivity contribution < 1.29 is 14.4 Å². The molecule has 0 radical (unpaired) electrons. The van der Waals surface area contributed by atoms with Crippen LogP contribution in [0.25, 0.3) is 0 Å². The molecule has 0 aromatic heterocycles. The van der Waals surface area contributed by atoms with Gasteiger partial charge in [-0.1, -0.05) is 35.9 Å². The topological polar surface area (TPSA) is 69.7 Å². The summed E-state index contributed by atoms with van der Waals surface area (Å²) in [5, 5.41) is 3.51.